The van der Waals surface area contributed by atoms with Crippen molar-refractivity contribution >= 4 is 17.2 Å². The summed E-state index contributed by atoms with van der Waals surface area (Å²) in [6.45, 7) is 4.94. The largest absolute Gasteiger partial charge is 0.368 e. The number of rotatable bonds is 2. The van der Waals surface area contributed by atoms with E-state index in [1.165, 1.54) is 0 Å². The van der Waals surface area contributed by atoms with Gasteiger partial charge in [-0.2, -0.15) is 9.61 Å². The summed E-state index contributed by atoms with van der Waals surface area (Å²) in [7, 11) is 0. The third kappa shape index (κ3) is 2.72. The van der Waals surface area contributed by atoms with Crippen LogP contribution in [0.1, 0.15) is 44.7 Å². The van der Waals surface area contributed by atoms with Gasteiger partial charge in [0.2, 0.25) is 11.6 Å². The highest BCUT2D eigenvalue weighted by Gasteiger charge is 2.36. The van der Waals surface area contributed by atoms with E-state index in [-0.39, 0.29) is 5.91 Å². The van der Waals surface area contributed by atoms with Crippen LogP contribution in [0.2, 0.25) is 0 Å². The number of hydrogen-bond donors (Lipinski definition) is 1. The van der Waals surface area contributed by atoms with Gasteiger partial charge in [0.05, 0.1) is 11.4 Å². The maximum atomic E-state index is 11.6. The molecule has 0 aliphatic carbocycles. The molecule has 1 N–H and O–H groups in total. The first-order valence-corrected chi connectivity index (χ1v) is 8.91. The molecule has 1 spiro atoms. The topological polar surface area (TPSA) is 75.4 Å². The highest BCUT2D eigenvalue weighted by molar-refractivity contribution is 5.76. The summed E-state index contributed by atoms with van der Waals surface area (Å²) in [6, 6.07) is 2.15. The number of carbonyl (C=O) groups excluding carboxylic acids is 1. The van der Waals surface area contributed by atoms with E-state index in [2.05, 4.69) is 38.5 Å². The molecule has 1 amide bonds. The Labute approximate surface area is 141 Å². The zero-order chi connectivity index (χ0) is 16.6. The van der Waals surface area contributed by atoms with E-state index >= 15 is 0 Å². The Morgan fingerprint density at radius 1 is 1.25 bits per heavy atom. The van der Waals surface area contributed by atoms with E-state index in [1.54, 1.807) is 10.8 Å². The zero-order valence-corrected chi connectivity index (χ0v) is 14.2. The summed E-state index contributed by atoms with van der Waals surface area (Å²) in [5.74, 6) is 0.209. The van der Waals surface area contributed by atoms with Crippen LogP contribution < -0.4 is 10.2 Å². The summed E-state index contributed by atoms with van der Waals surface area (Å²) in [5, 5.41) is 15.8. The van der Waals surface area contributed by atoms with Crippen molar-refractivity contribution in [1.82, 2.24) is 25.1 Å². The molecule has 2 aliphatic rings. The molecule has 0 unspecified atom stereocenters. The molecule has 24 heavy (non-hydrogen) atoms. The number of amides is 1. The summed E-state index contributed by atoms with van der Waals surface area (Å²) in [6.07, 6.45) is 7.62. The monoisotopic (exact) mass is 328 g/mol. The number of carbonyl (C=O) groups is 1. The highest BCUT2D eigenvalue weighted by atomic mass is 16.1. The number of aromatic nitrogens is 4. The van der Waals surface area contributed by atoms with Crippen molar-refractivity contribution in [2.24, 2.45) is 5.41 Å². The van der Waals surface area contributed by atoms with Crippen molar-refractivity contribution in [2.45, 2.75) is 45.4 Å². The van der Waals surface area contributed by atoms with E-state index in [4.69, 9.17) is 0 Å². The first-order chi connectivity index (χ1) is 11.7. The maximum absolute atomic E-state index is 11.6. The predicted octanol–water partition coefficient (Wildman–Crippen LogP) is 1.57. The van der Waals surface area contributed by atoms with Gasteiger partial charge in [0, 0.05) is 26.1 Å². The molecule has 2 saturated heterocycles. The zero-order valence-electron chi connectivity index (χ0n) is 14.2. The van der Waals surface area contributed by atoms with Crippen LogP contribution in [-0.2, 0) is 11.2 Å². The van der Waals surface area contributed by atoms with Crippen molar-refractivity contribution in [3.05, 3.63) is 18.1 Å². The lowest BCUT2D eigenvalue weighted by Gasteiger charge is -2.42. The molecule has 7 nitrogen and oxygen atoms in total. The minimum absolute atomic E-state index is 0.209. The lowest BCUT2D eigenvalue weighted by molar-refractivity contribution is -0.120. The number of nitrogens with one attached hydrogen (secondary N) is 1. The molecule has 0 atom stereocenters. The fraction of sp³-hybridized carbons (Fsp3) is 0.647. The SMILES string of the molecule is CCc1cc(N2CCC3(CCNC(=O)CC3)CC2)c2nncn2n1. The third-order valence-corrected chi connectivity index (χ3v) is 5.69. The molecule has 4 heterocycles. The Balaban J connectivity index is 1.55. The average Bonchev–Trinajstić information content (AvgIpc) is 3.01. The Hall–Kier alpha value is -2.18. The van der Waals surface area contributed by atoms with Gasteiger partial charge >= 0.3 is 0 Å². The Morgan fingerprint density at radius 3 is 2.88 bits per heavy atom. The number of piperidine rings is 1. The van der Waals surface area contributed by atoms with Crippen LogP contribution in [-0.4, -0.2) is 45.4 Å². The molecule has 7 heteroatoms. The Bertz CT molecular complexity index is 747. The minimum Gasteiger partial charge on any atom is -0.368 e. The number of hydrogen-bond acceptors (Lipinski definition) is 5. The van der Waals surface area contributed by atoms with Crippen molar-refractivity contribution in [3.8, 4) is 0 Å². The number of anilines is 1. The molecule has 4 rings (SSSR count). The second kappa shape index (κ2) is 6.03. The van der Waals surface area contributed by atoms with Gasteiger partial charge in [-0.25, -0.2) is 0 Å². The van der Waals surface area contributed by atoms with Gasteiger partial charge in [0.25, 0.3) is 0 Å². The summed E-state index contributed by atoms with van der Waals surface area (Å²) in [5.41, 5.74) is 3.35. The van der Waals surface area contributed by atoms with Gasteiger partial charge < -0.3 is 10.2 Å². The van der Waals surface area contributed by atoms with Crippen LogP contribution in [0.3, 0.4) is 0 Å². The Morgan fingerprint density at radius 2 is 2.08 bits per heavy atom. The summed E-state index contributed by atoms with van der Waals surface area (Å²) in [4.78, 5) is 14.0. The first kappa shape index (κ1) is 15.4. The van der Waals surface area contributed by atoms with Crippen molar-refractivity contribution < 1.29 is 4.79 Å². The van der Waals surface area contributed by atoms with E-state index in [1.807, 2.05) is 0 Å². The standard InChI is InChI=1S/C17H24N6O/c1-2-13-11-14(16-20-19-12-23(16)21-13)22-9-6-17(7-10-22)4-3-15(24)18-8-5-17/h11-12H,2-10H2,1H3,(H,18,24). The van der Waals surface area contributed by atoms with Crippen molar-refractivity contribution in [1.29, 1.82) is 0 Å². The van der Waals surface area contributed by atoms with E-state index < -0.39 is 0 Å². The Kier molecular flexibility index (Phi) is 3.86. The highest BCUT2D eigenvalue weighted by Crippen LogP contribution is 2.41. The number of nitrogens with zero attached hydrogens (tertiary/aromatic N) is 5. The van der Waals surface area contributed by atoms with Gasteiger partial charge in [-0.05, 0) is 43.6 Å². The van der Waals surface area contributed by atoms with Crippen LogP contribution in [0.15, 0.2) is 12.4 Å². The van der Waals surface area contributed by atoms with Crippen LogP contribution in [0.5, 0.6) is 0 Å². The molecule has 2 aliphatic heterocycles. The van der Waals surface area contributed by atoms with Gasteiger partial charge in [-0.15, -0.1) is 10.2 Å². The van der Waals surface area contributed by atoms with E-state index in [0.29, 0.717) is 11.8 Å². The maximum Gasteiger partial charge on any atom is 0.220 e. The van der Waals surface area contributed by atoms with Crippen LogP contribution in [0, 0.1) is 5.41 Å². The summed E-state index contributed by atoms with van der Waals surface area (Å²) < 4.78 is 1.78. The average molecular weight is 328 g/mol. The smallest absolute Gasteiger partial charge is 0.220 e. The quantitative estimate of drug-likeness (QED) is 0.906. The first-order valence-electron chi connectivity index (χ1n) is 8.91. The third-order valence-electron chi connectivity index (χ3n) is 5.69. The molecule has 2 aromatic rings. The van der Waals surface area contributed by atoms with Crippen molar-refractivity contribution in [3.63, 3.8) is 0 Å². The molecular formula is C17H24N6O. The molecule has 2 aromatic heterocycles. The molecule has 0 aromatic carbocycles. The van der Waals surface area contributed by atoms with Gasteiger partial charge in [-0.3, -0.25) is 4.79 Å². The second-order valence-electron chi connectivity index (χ2n) is 7.06. The van der Waals surface area contributed by atoms with E-state index in [0.717, 1.165) is 68.8 Å². The van der Waals surface area contributed by atoms with Crippen LogP contribution in [0.4, 0.5) is 5.69 Å². The van der Waals surface area contributed by atoms with Gasteiger partial charge in [-0.1, -0.05) is 6.92 Å². The molecule has 0 radical (unpaired) electrons. The minimum atomic E-state index is 0.209. The predicted molar refractivity (Wildman–Crippen MR) is 90.9 cm³/mol. The van der Waals surface area contributed by atoms with Gasteiger partial charge in [0.1, 0.15) is 6.33 Å². The summed E-state index contributed by atoms with van der Waals surface area (Å²) >= 11 is 0. The number of fused-ring (bicyclic) bond motifs is 1. The lowest BCUT2D eigenvalue weighted by atomic mass is 9.73. The van der Waals surface area contributed by atoms with Crippen molar-refractivity contribution in [2.75, 3.05) is 24.5 Å². The van der Waals surface area contributed by atoms with Gasteiger partial charge in [0.15, 0.2) is 0 Å². The second-order valence-corrected chi connectivity index (χ2v) is 7.06. The fourth-order valence-corrected chi connectivity index (χ4v) is 4.05. The van der Waals surface area contributed by atoms with Crippen LogP contribution in [0.25, 0.3) is 5.65 Å². The molecular weight excluding hydrogens is 304 g/mol. The molecule has 2 fully saturated rings. The fourth-order valence-electron chi connectivity index (χ4n) is 4.05. The normalized spacial score (nSPS) is 21.0. The molecule has 0 saturated carbocycles. The van der Waals surface area contributed by atoms with Crippen LogP contribution >= 0.6 is 0 Å². The molecule has 0 bridgehead atoms. The number of aryl methyl sites for hydroxylation is 1. The van der Waals surface area contributed by atoms with E-state index in [9.17, 15) is 4.79 Å². The lowest BCUT2D eigenvalue weighted by Crippen LogP contribution is -2.41. The molecule has 128 valence electrons.